The predicted molar refractivity (Wildman–Crippen MR) is 101 cm³/mol. The topological polar surface area (TPSA) is 79.3 Å². The number of ether oxygens (including phenoxy) is 1. The number of rotatable bonds is 5. The second kappa shape index (κ2) is 7.82. The number of aryl methyl sites for hydroxylation is 1. The molecule has 1 unspecified atom stereocenters. The van der Waals surface area contributed by atoms with Gasteiger partial charge in [0.2, 0.25) is 11.9 Å². The van der Waals surface area contributed by atoms with Crippen LogP contribution in [0.5, 0.6) is 0 Å². The van der Waals surface area contributed by atoms with Crippen molar-refractivity contribution >= 4 is 17.7 Å². The SMILES string of the molecule is Cc1cc(NCC2CCCO2)nc(N2CCN(c3ncccn3)CC2)n1. The van der Waals surface area contributed by atoms with Gasteiger partial charge in [0.1, 0.15) is 5.82 Å². The normalized spacial score (nSPS) is 20.4. The van der Waals surface area contributed by atoms with Crippen molar-refractivity contribution in [1.29, 1.82) is 0 Å². The second-order valence-corrected chi connectivity index (χ2v) is 6.73. The van der Waals surface area contributed by atoms with Gasteiger partial charge in [0.05, 0.1) is 6.10 Å². The van der Waals surface area contributed by atoms with Gasteiger partial charge in [-0.1, -0.05) is 0 Å². The molecule has 4 heterocycles. The quantitative estimate of drug-likeness (QED) is 0.864. The van der Waals surface area contributed by atoms with Gasteiger partial charge in [0, 0.05) is 63.5 Å². The molecule has 2 aliphatic heterocycles. The summed E-state index contributed by atoms with van der Waals surface area (Å²) in [5.74, 6) is 2.45. The van der Waals surface area contributed by atoms with E-state index in [1.165, 1.54) is 0 Å². The Morgan fingerprint density at radius 1 is 1.08 bits per heavy atom. The van der Waals surface area contributed by atoms with Crippen molar-refractivity contribution in [3.05, 3.63) is 30.2 Å². The van der Waals surface area contributed by atoms with E-state index in [-0.39, 0.29) is 0 Å². The molecule has 0 aliphatic carbocycles. The predicted octanol–water partition coefficient (Wildman–Crippen LogP) is 1.49. The lowest BCUT2D eigenvalue weighted by Crippen LogP contribution is -2.47. The van der Waals surface area contributed by atoms with Crippen LogP contribution in [0.2, 0.25) is 0 Å². The van der Waals surface area contributed by atoms with Crippen LogP contribution in [0.1, 0.15) is 18.5 Å². The molecule has 138 valence electrons. The maximum atomic E-state index is 5.67. The Balaban J connectivity index is 1.38. The number of piperazine rings is 1. The fourth-order valence-electron chi connectivity index (χ4n) is 3.37. The van der Waals surface area contributed by atoms with Crippen molar-refractivity contribution < 1.29 is 4.74 Å². The number of aromatic nitrogens is 4. The van der Waals surface area contributed by atoms with Gasteiger partial charge >= 0.3 is 0 Å². The highest BCUT2D eigenvalue weighted by atomic mass is 16.5. The summed E-state index contributed by atoms with van der Waals surface area (Å²) in [6, 6.07) is 3.83. The molecule has 0 bridgehead atoms. The zero-order valence-electron chi connectivity index (χ0n) is 15.1. The van der Waals surface area contributed by atoms with Crippen molar-refractivity contribution in [1.82, 2.24) is 19.9 Å². The van der Waals surface area contributed by atoms with Crippen LogP contribution in [0.4, 0.5) is 17.7 Å². The number of hydrogen-bond donors (Lipinski definition) is 1. The molecular formula is C18H25N7O. The standard InChI is InChI=1S/C18H25N7O/c1-14-12-16(21-13-15-4-2-11-26-15)23-18(22-14)25-9-7-24(8-10-25)17-19-5-3-6-20-17/h3,5-6,12,15H,2,4,7-11,13H2,1H3,(H,21,22,23). The van der Waals surface area contributed by atoms with E-state index in [1.54, 1.807) is 12.4 Å². The molecule has 2 aliphatic rings. The molecule has 2 aromatic rings. The molecule has 0 radical (unpaired) electrons. The van der Waals surface area contributed by atoms with Crippen LogP contribution in [0.15, 0.2) is 24.5 Å². The zero-order chi connectivity index (χ0) is 17.8. The fourth-order valence-corrected chi connectivity index (χ4v) is 3.37. The molecule has 4 rings (SSSR count). The lowest BCUT2D eigenvalue weighted by atomic mass is 10.2. The molecule has 0 spiro atoms. The maximum absolute atomic E-state index is 5.67. The van der Waals surface area contributed by atoms with E-state index in [4.69, 9.17) is 9.72 Å². The van der Waals surface area contributed by atoms with E-state index in [0.717, 1.165) is 75.6 Å². The highest BCUT2D eigenvalue weighted by Gasteiger charge is 2.21. The van der Waals surface area contributed by atoms with Crippen LogP contribution in [0, 0.1) is 6.92 Å². The fraction of sp³-hybridized carbons (Fsp3) is 0.556. The summed E-state index contributed by atoms with van der Waals surface area (Å²) in [6.45, 7) is 7.11. The largest absolute Gasteiger partial charge is 0.376 e. The van der Waals surface area contributed by atoms with Gasteiger partial charge in [-0.15, -0.1) is 0 Å². The maximum Gasteiger partial charge on any atom is 0.227 e. The first kappa shape index (κ1) is 17.0. The van der Waals surface area contributed by atoms with Crippen molar-refractivity contribution in [2.75, 3.05) is 54.4 Å². The minimum Gasteiger partial charge on any atom is -0.376 e. The van der Waals surface area contributed by atoms with Gasteiger partial charge in [-0.3, -0.25) is 0 Å². The molecule has 2 fully saturated rings. The van der Waals surface area contributed by atoms with E-state index in [9.17, 15) is 0 Å². The zero-order valence-corrected chi connectivity index (χ0v) is 15.1. The minimum atomic E-state index is 0.295. The Bertz CT molecular complexity index is 713. The lowest BCUT2D eigenvalue weighted by Gasteiger charge is -2.34. The van der Waals surface area contributed by atoms with Gasteiger partial charge in [-0.25, -0.2) is 15.0 Å². The average molecular weight is 355 g/mol. The van der Waals surface area contributed by atoms with Crippen LogP contribution in [0.3, 0.4) is 0 Å². The number of anilines is 3. The molecular weight excluding hydrogens is 330 g/mol. The Morgan fingerprint density at radius 2 is 1.81 bits per heavy atom. The average Bonchev–Trinajstić information content (AvgIpc) is 3.20. The van der Waals surface area contributed by atoms with Crippen LogP contribution in [-0.2, 0) is 4.74 Å². The highest BCUT2D eigenvalue weighted by molar-refractivity contribution is 5.45. The molecule has 26 heavy (non-hydrogen) atoms. The summed E-state index contributed by atoms with van der Waals surface area (Å²) in [7, 11) is 0. The minimum absolute atomic E-state index is 0.295. The number of hydrogen-bond acceptors (Lipinski definition) is 8. The molecule has 1 N–H and O–H groups in total. The van der Waals surface area contributed by atoms with Crippen LogP contribution < -0.4 is 15.1 Å². The summed E-state index contributed by atoms with van der Waals surface area (Å²) >= 11 is 0. The molecule has 2 saturated heterocycles. The first-order chi connectivity index (χ1) is 12.8. The molecule has 8 nitrogen and oxygen atoms in total. The Morgan fingerprint density at radius 3 is 2.50 bits per heavy atom. The summed E-state index contributed by atoms with van der Waals surface area (Å²) < 4.78 is 5.67. The van der Waals surface area contributed by atoms with E-state index in [2.05, 4.69) is 30.1 Å². The van der Waals surface area contributed by atoms with Crippen molar-refractivity contribution in [2.45, 2.75) is 25.9 Å². The lowest BCUT2D eigenvalue weighted by molar-refractivity contribution is 0.120. The van der Waals surface area contributed by atoms with E-state index < -0.39 is 0 Å². The van der Waals surface area contributed by atoms with Gasteiger partial charge < -0.3 is 19.9 Å². The summed E-state index contributed by atoms with van der Waals surface area (Å²) in [5, 5.41) is 3.41. The molecule has 8 heteroatoms. The summed E-state index contributed by atoms with van der Waals surface area (Å²) in [6.07, 6.45) is 6.13. The first-order valence-electron chi connectivity index (χ1n) is 9.26. The van der Waals surface area contributed by atoms with Crippen molar-refractivity contribution in [3.8, 4) is 0 Å². The first-order valence-corrected chi connectivity index (χ1v) is 9.26. The van der Waals surface area contributed by atoms with Crippen molar-refractivity contribution in [3.63, 3.8) is 0 Å². The highest BCUT2D eigenvalue weighted by Crippen LogP contribution is 2.18. The molecule has 0 aromatic carbocycles. The van der Waals surface area contributed by atoms with Gasteiger partial charge in [0.25, 0.3) is 0 Å². The third-order valence-corrected chi connectivity index (χ3v) is 4.77. The molecule has 0 amide bonds. The number of nitrogens with zero attached hydrogens (tertiary/aromatic N) is 6. The van der Waals surface area contributed by atoms with Crippen LogP contribution in [0.25, 0.3) is 0 Å². The van der Waals surface area contributed by atoms with Gasteiger partial charge in [0.15, 0.2) is 0 Å². The Hall–Kier alpha value is -2.48. The van der Waals surface area contributed by atoms with Crippen molar-refractivity contribution in [2.24, 2.45) is 0 Å². The molecule has 1 atom stereocenters. The summed E-state index contributed by atoms with van der Waals surface area (Å²) in [5.41, 5.74) is 0.971. The van der Waals surface area contributed by atoms with E-state index >= 15 is 0 Å². The van der Waals surface area contributed by atoms with Crippen LogP contribution >= 0.6 is 0 Å². The van der Waals surface area contributed by atoms with E-state index in [0.29, 0.717) is 6.10 Å². The Kier molecular flexibility index (Phi) is 5.10. The Labute approximate surface area is 153 Å². The third-order valence-electron chi connectivity index (χ3n) is 4.77. The second-order valence-electron chi connectivity index (χ2n) is 6.73. The van der Waals surface area contributed by atoms with Gasteiger partial charge in [-0.2, -0.15) is 4.98 Å². The van der Waals surface area contributed by atoms with Crippen LogP contribution in [-0.4, -0.2) is 65.4 Å². The monoisotopic (exact) mass is 355 g/mol. The van der Waals surface area contributed by atoms with E-state index in [1.807, 2.05) is 19.1 Å². The van der Waals surface area contributed by atoms with Gasteiger partial charge in [-0.05, 0) is 25.8 Å². The molecule has 0 saturated carbocycles. The summed E-state index contributed by atoms with van der Waals surface area (Å²) in [4.78, 5) is 22.4. The number of nitrogens with one attached hydrogen (secondary N) is 1. The smallest absolute Gasteiger partial charge is 0.227 e. The third kappa shape index (κ3) is 4.01. The molecule has 2 aromatic heterocycles.